The Hall–Kier alpha value is -3.99. The topological polar surface area (TPSA) is 44.8 Å². The molecule has 0 aromatic rings. The van der Waals surface area contributed by atoms with E-state index in [4.69, 9.17) is 0 Å². The molecule has 0 aliphatic carbocycles. The highest BCUT2D eigenvalue weighted by Gasteiger charge is 2.83. The average Bonchev–Trinajstić information content (AvgIpc) is 2.91. The lowest BCUT2D eigenvalue weighted by Crippen LogP contribution is -2.66. The molecule has 0 aromatic carbocycles. The van der Waals surface area contributed by atoms with Crippen LogP contribution in [0.1, 0.15) is 0 Å². The third kappa shape index (κ3) is 24.8. The Morgan fingerprint density at radius 1 is 0.472 bits per heavy atom. The summed E-state index contributed by atoms with van der Waals surface area (Å²) in [5, 5.41) is 0. The van der Waals surface area contributed by atoms with Crippen molar-refractivity contribution in [2.45, 2.75) is 61.2 Å². The Labute approximate surface area is 277 Å². The normalized spacial score (nSPS) is 13.7. The van der Waals surface area contributed by atoms with Crippen molar-refractivity contribution in [3.63, 3.8) is 0 Å². The molecule has 0 fully saturated rings. The van der Waals surface area contributed by atoms with Gasteiger partial charge in [-0.1, -0.05) is 19.7 Å². The highest BCUT2D eigenvalue weighted by molar-refractivity contribution is 5.77. The number of allylic oxidation sites excluding steroid dienone is 3. The first-order chi connectivity index (χ1) is 22.8. The van der Waals surface area contributed by atoms with Crippen LogP contribution in [0.15, 0.2) is 76.4 Å². The van der Waals surface area contributed by atoms with Gasteiger partial charge in [0, 0.05) is 12.2 Å². The number of rotatable bonds is 9. The van der Waals surface area contributed by atoms with Gasteiger partial charge in [0.25, 0.3) is 6.01 Å². The molecular weight excluding hydrogens is 834 g/mol. The zero-order valence-electron chi connectivity index (χ0n) is 24.8. The number of halogens is 26. The maximum absolute atomic E-state index is 13.8. The number of carbonyl (C=O) groups is 1. The summed E-state index contributed by atoms with van der Waals surface area (Å²) in [6.07, 6.45) is -47.7. The summed E-state index contributed by atoms with van der Waals surface area (Å²) in [7, 11) is 0. The summed E-state index contributed by atoms with van der Waals surface area (Å²) in [5.74, 6) is -14.4. The molecular formula is C23H18F26O4. The van der Waals surface area contributed by atoms with Crippen molar-refractivity contribution in [2.75, 3.05) is 0 Å². The van der Waals surface area contributed by atoms with Crippen molar-refractivity contribution in [1.82, 2.24) is 0 Å². The zero-order chi connectivity index (χ0) is 45.3. The maximum Gasteiger partial charge on any atom is 0.527 e. The minimum Gasteiger partial charge on any atom is -0.402 e. The van der Waals surface area contributed by atoms with Crippen LogP contribution in [0, 0.1) is 0 Å². The van der Waals surface area contributed by atoms with Gasteiger partial charge in [0.05, 0.1) is 0 Å². The van der Waals surface area contributed by atoms with Gasteiger partial charge in [-0.3, -0.25) is 9.53 Å². The number of hydrogen-bond acceptors (Lipinski definition) is 4. The molecule has 1 atom stereocenters. The highest BCUT2D eigenvalue weighted by Crippen LogP contribution is 2.53. The smallest absolute Gasteiger partial charge is 0.402 e. The van der Waals surface area contributed by atoms with Crippen molar-refractivity contribution in [3.8, 4) is 0 Å². The largest absolute Gasteiger partial charge is 0.527 e. The summed E-state index contributed by atoms with van der Waals surface area (Å²) in [5.41, 5.74) is -2.68. The fourth-order valence-corrected chi connectivity index (χ4v) is 1.22. The summed E-state index contributed by atoms with van der Waals surface area (Å²) < 4.78 is 313. The first-order valence-corrected chi connectivity index (χ1v) is 10.9. The first-order valence-electron chi connectivity index (χ1n) is 10.9. The van der Waals surface area contributed by atoms with E-state index in [1.807, 2.05) is 6.58 Å². The SMILES string of the molecule is C=C.C=C.C=C(C(F)(F)F)C(F)(F)F.C=C(F)OC(F)(F)C(F)(OC(F)(F)C(F)(F)C(=O)F)C(F)(F)OC(F)(F)F.C=CC(F)(F)F.C=CC(F)(F)F. The number of carbonyl (C=O) groups excluding carboxylic acids is 1. The lowest BCUT2D eigenvalue weighted by molar-refractivity contribution is -0.557. The predicted octanol–water partition coefficient (Wildman–Crippen LogP) is 12.3. The number of ether oxygens (including phenoxy) is 3. The molecule has 0 radical (unpaired) electrons. The van der Waals surface area contributed by atoms with Gasteiger partial charge in [-0.2, -0.15) is 101 Å². The Bertz CT molecular complexity index is 1110. The molecule has 0 N–H and O–H groups in total. The molecule has 1 unspecified atom stereocenters. The van der Waals surface area contributed by atoms with E-state index in [0.29, 0.717) is 0 Å². The minimum absolute atomic E-state index is 0.0625. The molecule has 0 saturated heterocycles. The zero-order valence-corrected chi connectivity index (χ0v) is 24.8. The molecule has 0 saturated carbocycles. The monoisotopic (exact) mass is 852 g/mol. The maximum atomic E-state index is 13.8. The summed E-state index contributed by atoms with van der Waals surface area (Å²) in [6.45, 7) is 20.6. The van der Waals surface area contributed by atoms with Crippen molar-refractivity contribution in [3.05, 3.63) is 76.4 Å². The highest BCUT2D eigenvalue weighted by atomic mass is 19.4. The lowest BCUT2D eigenvalue weighted by atomic mass is 10.2. The van der Waals surface area contributed by atoms with E-state index in [1.54, 1.807) is 11.3 Å². The van der Waals surface area contributed by atoms with E-state index in [9.17, 15) is 119 Å². The Morgan fingerprint density at radius 2 is 0.736 bits per heavy atom. The fraction of sp³-hybridized carbons (Fsp3) is 0.435. The average molecular weight is 852 g/mol. The molecule has 30 heteroatoms. The van der Waals surface area contributed by atoms with Gasteiger partial charge < -0.3 is 4.74 Å². The molecule has 0 heterocycles. The Kier molecular flexibility index (Phi) is 24.9. The van der Waals surface area contributed by atoms with Crippen LogP contribution in [0.2, 0.25) is 0 Å². The van der Waals surface area contributed by atoms with Crippen molar-refractivity contribution in [2.24, 2.45) is 0 Å². The number of alkyl halides is 24. The molecule has 0 aliphatic rings. The van der Waals surface area contributed by atoms with Crippen molar-refractivity contribution in [1.29, 1.82) is 0 Å². The van der Waals surface area contributed by atoms with E-state index in [-0.39, 0.29) is 12.2 Å². The molecule has 0 aromatic heterocycles. The van der Waals surface area contributed by atoms with E-state index < -0.39 is 78.8 Å². The van der Waals surface area contributed by atoms with Gasteiger partial charge in [-0.25, -0.2) is 4.74 Å². The second-order valence-electron chi connectivity index (χ2n) is 7.07. The van der Waals surface area contributed by atoms with Gasteiger partial charge in [-0.05, 0) is 6.58 Å². The molecule has 4 nitrogen and oxygen atoms in total. The van der Waals surface area contributed by atoms with Crippen LogP contribution in [0.5, 0.6) is 0 Å². The quantitative estimate of drug-likeness (QED) is 0.100. The second-order valence-corrected chi connectivity index (χ2v) is 7.07. The van der Waals surface area contributed by atoms with Crippen LogP contribution in [0.3, 0.4) is 0 Å². The summed E-state index contributed by atoms with van der Waals surface area (Å²) in [4.78, 5) is 9.71. The van der Waals surface area contributed by atoms with Crippen molar-refractivity contribution >= 4 is 6.04 Å². The van der Waals surface area contributed by atoms with Crippen LogP contribution in [0.25, 0.3) is 0 Å². The van der Waals surface area contributed by atoms with Gasteiger partial charge in [0.1, 0.15) is 5.57 Å². The Morgan fingerprint density at radius 3 is 0.887 bits per heavy atom. The van der Waals surface area contributed by atoms with Crippen LogP contribution < -0.4 is 0 Å². The minimum atomic E-state index is -7.42. The van der Waals surface area contributed by atoms with Crippen molar-refractivity contribution < 1.29 is 133 Å². The Balaban J connectivity index is -0.000000172. The summed E-state index contributed by atoms with van der Waals surface area (Å²) >= 11 is 0. The standard InChI is InChI=1S/C9H2F14O4.C4H2F6.2C3H3F3.2C2H4/c1-2(10)25-7(17,18)5(14,8(19,20)27-9(21,22)23)26-6(15,16)4(12,13)3(11)24;1-2(3(5,6)7)4(8,9)10;2*1-2-3(4,5)6;2*1-2/h1H2;1H2;2*2H,1H2;2*1-2H2. The third-order valence-corrected chi connectivity index (χ3v) is 3.26. The van der Waals surface area contributed by atoms with Gasteiger partial charge in [-0.15, -0.1) is 39.5 Å². The van der Waals surface area contributed by atoms with Crippen LogP contribution in [0.4, 0.5) is 114 Å². The van der Waals surface area contributed by atoms with Crippen LogP contribution in [-0.4, -0.2) is 67.2 Å². The van der Waals surface area contributed by atoms with E-state index >= 15 is 0 Å². The second kappa shape index (κ2) is 21.6. The number of hydrogen-bond donors (Lipinski definition) is 0. The first kappa shape index (κ1) is 61.1. The molecule has 0 aliphatic heterocycles. The van der Waals surface area contributed by atoms with E-state index in [0.717, 1.165) is 0 Å². The van der Waals surface area contributed by atoms with Gasteiger partial charge in [0.2, 0.25) is 0 Å². The van der Waals surface area contributed by atoms with Crippen LogP contribution in [-0.2, 0) is 19.0 Å². The van der Waals surface area contributed by atoms with E-state index in [1.165, 1.54) is 4.74 Å². The lowest BCUT2D eigenvalue weighted by Gasteiger charge is -2.38. The molecule has 0 rings (SSSR count). The predicted molar refractivity (Wildman–Crippen MR) is 126 cm³/mol. The molecule has 316 valence electrons. The molecule has 53 heavy (non-hydrogen) atoms. The summed E-state index contributed by atoms with van der Waals surface area (Å²) in [6, 6.07) is -7.47. The third-order valence-electron chi connectivity index (χ3n) is 3.26. The fourth-order valence-electron chi connectivity index (χ4n) is 1.22. The molecule has 0 bridgehead atoms. The molecule has 0 amide bonds. The van der Waals surface area contributed by atoms with E-state index in [2.05, 4.69) is 44.2 Å². The van der Waals surface area contributed by atoms with Crippen LogP contribution >= 0.6 is 0 Å². The van der Waals surface area contributed by atoms with Gasteiger partial charge >= 0.3 is 67.2 Å². The molecule has 0 spiro atoms. The van der Waals surface area contributed by atoms with Gasteiger partial charge in [0.15, 0.2) is 0 Å².